The van der Waals surface area contributed by atoms with Gasteiger partial charge in [-0.25, -0.2) is 0 Å². The van der Waals surface area contributed by atoms with Crippen LogP contribution in [-0.4, -0.2) is 46.9 Å². The molecule has 1 aromatic heterocycles. The number of hydrogen-bond acceptors (Lipinski definition) is 3. The quantitative estimate of drug-likeness (QED) is 0.794. The van der Waals surface area contributed by atoms with Crippen molar-refractivity contribution in [2.24, 2.45) is 0 Å². The zero-order chi connectivity index (χ0) is 15.3. The zero-order valence-corrected chi connectivity index (χ0v) is 14.3. The molecule has 1 heterocycles. The molecule has 4 nitrogen and oxygen atoms in total. The molecule has 0 spiro atoms. The van der Waals surface area contributed by atoms with E-state index in [1.165, 1.54) is 5.69 Å². The molecule has 4 heteroatoms. The number of aryl methyl sites for hydroxylation is 2. The minimum Gasteiger partial charge on any atom is -0.312 e. The van der Waals surface area contributed by atoms with Crippen LogP contribution in [0, 0.1) is 6.92 Å². The molecule has 0 aliphatic rings. The van der Waals surface area contributed by atoms with Crippen molar-refractivity contribution in [3.05, 3.63) is 17.5 Å². The lowest BCUT2D eigenvalue weighted by atomic mass is 9.85. The van der Waals surface area contributed by atoms with E-state index >= 15 is 0 Å². The van der Waals surface area contributed by atoms with Gasteiger partial charge in [-0.1, -0.05) is 13.8 Å². The van der Waals surface area contributed by atoms with Crippen molar-refractivity contribution in [2.45, 2.75) is 65.6 Å². The molecule has 1 rings (SSSR count). The molecule has 0 fully saturated rings. The summed E-state index contributed by atoms with van der Waals surface area (Å²) in [6.07, 6.45) is 2.14. The summed E-state index contributed by atoms with van der Waals surface area (Å²) < 4.78 is 2.13. The van der Waals surface area contributed by atoms with Crippen LogP contribution in [-0.2, 0) is 13.0 Å². The molecule has 0 bridgehead atoms. The number of hydrogen-bond donors (Lipinski definition) is 1. The Balaban J connectivity index is 3.02. The molecule has 0 aromatic carbocycles. The lowest BCUT2D eigenvalue weighted by molar-refractivity contribution is 0.112. The molecule has 0 saturated heterocycles. The number of likely N-dealkylation sites (N-methyl/N-ethyl adjacent to an activating group) is 2. The number of aromatic nitrogens is 2. The van der Waals surface area contributed by atoms with Crippen LogP contribution >= 0.6 is 0 Å². The summed E-state index contributed by atoms with van der Waals surface area (Å²) in [5.74, 6) is 0. The molecule has 0 radical (unpaired) electrons. The summed E-state index contributed by atoms with van der Waals surface area (Å²) in [4.78, 5) is 2.35. The van der Waals surface area contributed by atoms with Crippen LogP contribution in [0.5, 0.6) is 0 Å². The van der Waals surface area contributed by atoms with Crippen LogP contribution in [0.3, 0.4) is 0 Å². The van der Waals surface area contributed by atoms with Crippen molar-refractivity contribution in [3.8, 4) is 0 Å². The summed E-state index contributed by atoms with van der Waals surface area (Å²) in [6, 6.07) is 2.65. The monoisotopic (exact) mass is 280 g/mol. The maximum atomic E-state index is 4.57. The van der Waals surface area contributed by atoms with Gasteiger partial charge in [0.25, 0.3) is 0 Å². The van der Waals surface area contributed by atoms with Crippen LogP contribution in [0.15, 0.2) is 6.07 Å². The van der Waals surface area contributed by atoms with Crippen LogP contribution in [0.25, 0.3) is 0 Å². The van der Waals surface area contributed by atoms with Crippen molar-refractivity contribution in [2.75, 3.05) is 20.6 Å². The minimum atomic E-state index is 0.146. The van der Waals surface area contributed by atoms with E-state index in [0.717, 1.165) is 31.6 Å². The topological polar surface area (TPSA) is 33.1 Å². The standard InChI is InChI=1S/C16H32N4/c1-8-16(5,19(6)7)15(17-9-2)12-14-11-13(4)18-20(14)10-3/h11,15,17H,8-10,12H2,1-7H3. The van der Waals surface area contributed by atoms with Gasteiger partial charge >= 0.3 is 0 Å². The first-order valence-corrected chi connectivity index (χ1v) is 7.83. The Hall–Kier alpha value is -0.870. The van der Waals surface area contributed by atoms with Crippen LogP contribution < -0.4 is 5.32 Å². The average Bonchev–Trinajstić information content (AvgIpc) is 2.77. The molecule has 0 aliphatic heterocycles. The predicted molar refractivity (Wildman–Crippen MR) is 86.2 cm³/mol. The molecular weight excluding hydrogens is 248 g/mol. The first kappa shape index (κ1) is 17.2. The number of rotatable bonds is 8. The normalized spacial score (nSPS) is 16.4. The average molecular weight is 280 g/mol. The molecule has 1 aromatic rings. The van der Waals surface area contributed by atoms with Crippen molar-refractivity contribution < 1.29 is 0 Å². The highest BCUT2D eigenvalue weighted by atomic mass is 15.3. The summed E-state index contributed by atoms with van der Waals surface area (Å²) >= 11 is 0. The maximum Gasteiger partial charge on any atom is 0.0596 e. The fourth-order valence-corrected chi connectivity index (χ4v) is 2.88. The summed E-state index contributed by atoms with van der Waals surface area (Å²) in [6.45, 7) is 13.0. The highest BCUT2D eigenvalue weighted by Crippen LogP contribution is 2.24. The van der Waals surface area contributed by atoms with Gasteiger partial charge in [-0.15, -0.1) is 0 Å². The van der Waals surface area contributed by atoms with Gasteiger partial charge < -0.3 is 10.2 Å². The third kappa shape index (κ3) is 3.61. The van der Waals surface area contributed by atoms with Crippen molar-refractivity contribution in [1.82, 2.24) is 20.0 Å². The lowest BCUT2D eigenvalue weighted by Crippen LogP contribution is -2.57. The van der Waals surface area contributed by atoms with E-state index in [4.69, 9.17) is 0 Å². The Morgan fingerprint density at radius 2 is 2.00 bits per heavy atom. The predicted octanol–water partition coefficient (Wildman–Crippen LogP) is 2.46. The first-order chi connectivity index (χ1) is 9.38. The van der Waals surface area contributed by atoms with Crippen molar-refractivity contribution in [1.29, 1.82) is 0 Å². The van der Waals surface area contributed by atoms with Crippen molar-refractivity contribution in [3.63, 3.8) is 0 Å². The van der Waals surface area contributed by atoms with Crippen LogP contribution in [0.4, 0.5) is 0 Å². The Labute approximate surface area is 124 Å². The largest absolute Gasteiger partial charge is 0.312 e. The number of nitrogens with one attached hydrogen (secondary N) is 1. The third-order valence-electron chi connectivity index (χ3n) is 4.64. The van der Waals surface area contributed by atoms with Gasteiger partial charge in [0.15, 0.2) is 0 Å². The highest BCUT2D eigenvalue weighted by Gasteiger charge is 2.34. The van der Waals surface area contributed by atoms with E-state index in [-0.39, 0.29) is 5.54 Å². The summed E-state index contributed by atoms with van der Waals surface area (Å²) in [5.41, 5.74) is 2.59. The highest BCUT2D eigenvalue weighted by molar-refractivity contribution is 5.13. The molecule has 0 amide bonds. The molecule has 116 valence electrons. The van der Waals surface area contributed by atoms with E-state index < -0.39 is 0 Å². The SMILES string of the molecule is CCNC(Cc1cc(C)nn1CC)C(C)(CC)N(C)C. The lowest BCUT2D eigenvalue weighted by Gasteiger charge is -2.43. The van der Waals surface area contributed by atoms with Crippen molar-refractivity contribution >= 4 is 0 Å². The second kappa shape index (κ2) is 7.23. The molecule has 2 atom stereocenters. The number of nitrogens with zero attached hydrogens (tertiary/aromatic N) is 3. The Kier molecular flexibility index (Phi) is 6.21. The van der Waals surface area contributed by atoms with Gasteiger partial charge in [-0.05, 0) is 53.9 Å². The zero-order valence-electron chi connectivity index (χ0n) is 14.3. The van der Waals surface area contributed by atoms with Gasteiger partial charge in [-0.3, -0.25) is 4.68 Å². The van der Waals surface area contributed by atoms with Gasteiger partial charge in [0.05, 0.1) is 5.69 Å². The van der Waals surface area contributed by atoms with Crippen LogP contribution in [0.1, 0.15) is 45.5 Å². The Morgan fingerprint density at radius 3 is 2.45 bits per heavy atom. The summed E-state index contributed by atoms with van der Waals surface area (Å²) in [5, 5.41) is 8.25. The Morgan fingerprint density at radius 1 is 1.35 bits per heavy atom. The fourth-order valence-electron chi connectivity index (χ4n) is 2.88. The second-order valence-corrected chi connectivity index (χ2v) is 6.01. The molecule has 20 heavy (non-hydrogen) atoms. The first-order valence-electron chi connectivity index (χ1n) is 7.83. The maximum absolute atomic E-state index is 4.57. The molecule has 2 unspecified atom stereocenters. The van der Waals surface area contributed by atoms with E-state index in [2.05, 4.69) is 74.8 Å². The van der Waals surface area contributed by atoms with Gasteiger partial charge in [0.2, 0.25) is 0 Å². The van der Waals surface area contributed by atoms with E-state index in [9.17, 15) is 0 Å². The van der Waals surface area contributed by atoms with Gasteiger partial charge in [0.1, 0.15) is 0 Å². The minimum absolute atomic E-state index is 0.146. The molecule has 1 N–H and O–H groups in total. The summed E-state index contributed by atoms with van der Waals surface area (Å²) in [7, 11) is 4.35. The molecule has 0 aliphatic carbocycles. The van der Waals surface area contributed by atoms with E-state index in [1.54, 1.807) is 0 Å². The Bertz CT molecular complexity index is 411. The van der Waals surface area contributed by atoms with E-state index in [0.29, 0.717) is 6.04 Å². The van der Waals surface area contributed by atoms with E-state index in [1.807, 2.05) is 0 Å². The smallest absolute Gasteiger partial charge is 0.0596 e. The third-order valence-corrected chi connectivity index (χ3v) is 4.64. The molecule has 0 saturated carbocycles. The van der Waals surface area contributed by atoms with Gasteiger partial charge in [0, 0.05) is 30.2 Å². The van der Waals surface area contributed by atoms with Gasteiger partial charge in [-0.2, -0.15) is 5.10 Å². The molecular formula is C16H32N4. The fraction of sp³-hybridized carbons (Fsp3) is 0.812. The van der Waals surface area contributed by atoms with Crippen LogP contribution in [0.2, 0.25) is 0 Å². The second-order valence-electron chi connectivity index (χ2n) is 6.01.